The third-order valence-corrected chi connectivity index (χ3v) is 7.54. The van der Waals surface area contributed by atoms with Gasteiger partial charge in [-0.2, -0.15) is 0 Å². The summed E-state index contributed by atoms with van der Waals surface area (Å²) in [6.07, 6.45) is 8.38. The Balaban J connectivity index is 1.38. The molecular formula is C27H32N4O2. The van der Waals surface area contributed by atoms with E-state index in [0.717, 1.165) is 30.2 Å². The van der Waals surface area contributed by atoms with Crippen molar-refractivity contribution in [3.63, 3.8) is 0 Å². The van der Waals surface area contributed by atoms with E-state index < -0.39 is 0 Å². The number of imidazole rings is 1. The molecule has 33 heavy (non-hydrogen) atoms. The maximum absolute atomic E-state index is 5.65. The van der Waals surface area contributed by atoms with E-state index in [1.165, 1.54) is 53.7 Å². The number of methoxy groups -OCH3 is 1. The minimum absolute atomic E-state index is 0.397. The van der Waals surface area contributed by atoms with Crippen LogP contribution in [0.5, 0.6) is 5.75 Å². The average Bonchev–Trinajstić information content (AvgIpc) is 3.41. The molecule has 0 atom stereocenters. The van der Waals surface area contributed by atoms with Crippen LogP contribution in [0, 0.1) is 0 Å². The Morgan fingerprint density at radius 3 is 2.67 bits per heavy atom. The highest BCUT2D eigenvalue weighted by atomic mass is 16.5. The normalized spacial score (nSPS) is 18.4. The summed E-state index contributed by atoms with van der Waals surface area (Å²) >= 11 is 0. The van der Waals surface area contributed by atoms with Crippen LogP contribution >= 0.6 is 0 Å². The van der Waals surface area contributed by atoms with Crippen LogP contribution in [-0.2, 0) is 4.74 Å². The van der Waals surface area contributed by atoms with Crippen molar-refractivity contribution in [2.24, 2.45) is 0 Å². The molecule has 5 heterocycles. The maximum atomic E-state index is 5.65. The molecule has 2 aliphatic heterocycles. The first-order valence-corrected chi connectivity index (χ1v) is 12.1. The molecule has 0 spiro atoms. The Hall–Kier alpha value is -2.83. The van der Waals surface area contributed by atoms with Gasteiger partial charge in [-0.1, -0.05) is 19.9 Å². The van der Waals surface area contributed by atoms with Crippen molar-refractivity contribution in [1.82, 2.24) is 19.3 Å². The summed E-state index contributed by atoms with van der Waals surface area (Å²) in [5.74, 6) is 1.82. The number of nitrogens with one attached hydrogen (secondary N) is 1. The largest absolute Gasteiger partial charge is 0.493 e. The summed E-state index contributed by atoms with van der Waals surface area (Å²) in [5.41, 5.74) is 7.18. The van der Waals surface area contributed by atoms with E-state index in [1.807, 2.05) is 16.8 Å². The number of ether oxygens (including phenoxy) is 2. The van der Waals surface area contributed by atoms with Gasteiger partial charge in [0.15, 0.2) is 11.4 Å². The number of fused-ring (bicyclic) bond motifs is 2. The zero-order valence-electron chi connectivity index (χ0n) is 19.7. The summed E-state index contributed by atoms with van der Waals surface area (Å²) in [4.78, 5) is 10.8. The van der Waals surface area contributed by atoms with Crippen LogP contribution in [0.4, 0.5) is 0 Å². The van der Waals surface area contributed by atoms with Crippen molar-refractivity contribution in [2.75, 3.05) is 33.4 Å². The summed E-state index contributed by atoms with van der Waals surface area (Å²) in [6, 6.07) is 9.81. The van der Waals surface area contributed by atoms with E-state index in [1.54, 1.807) is 7.11 Å². The fraction of sp³-hybridized carbons (Fsp3) is 0.444. The Morgan fingerprint density at radius 1 is 1.15 bits per heavy atom. The highest BCUT2D eigenvalue weighted by Gasteiger charge is 2.30. The van der Waals surface area contributed by atoms with Crippen molar-refractivity contribution in [2.45, 2.75) is 44.6 Å². The molecule has 1 aromatic carbocycles. The highest BCUT2D eigenvalue weighted by molar-refractivity contribution is 5.92. The number of H-pyrrole nitrogens is 1. The number of likely N-dealkylation sites (tertiary alicyclic amines) is 1. The summed E-state index contributed by atoms with van der Waals surface area (Å²) < 4.78 is 13.1. The molecule has 2 aliphatic rings. The van der Waals surface area contributed by atoms with Gasteiger partial charge in [0.25, 0.3) is 0 Å². The lowest BCUT2D eigenvalue weighted by Crippen LogP contribution is -2.51. The van der Waals surface area contributed by atoms with Gasteiger partial charge in [-0.3, -0.25) is 4.90 Å². The predicted octanol–water partition coefficient (Wildman–Crippen LogP) is 5.19. The number of benzene rings is 1. The van der Waals surface area contributed by atoms with Gasteiger partial charge in [0.05, 0.1) is 32.1 Å². The number of aromatic nitrogens is 3. The van der Waals surface area contributed by atoms with Crippen molar-refractivity contribution in [3.8, 4) is 17.0 Å². The van der Waals surface area contributed by atoms with E-state index >= 15 is 0 Å². The third kappa shape index (κ3) is 3.52. The summed E-state index contributed by atoms with van der Waals surface area (Å²) in [7, 11) is 1.71. The minimum Gasteiger partial charge on any atom is -0.493 e. The number of rotatable bonds is 5. The molecule has 0 amide bonds. The second kappa shape index (κ2) is 8.19. The fourth-order valence-electron chi connectivity index (χ4n) is 5.63. The van der Waals surface area contributed by atoms with Crippen molar-refractivity contribution in [1.29, 1.82) is 0 Å². The molecule has 0 bridgehead atoms. The Kier molecular flexibility index (Phi) is 5.15. The first-order valence-electron chi connectivity index (χ1n) is 12.1. The van der Waals surface area contributed by atoms with Crippen LogP contribution in [0.3, 0.4) is 0 Å². The molecule has 6 nitrogen and oxygen atoms in total. The first kappa shape index (κ1) is 20.8. The van der Waals surface area contributed by atoms with Gasteiger partial charge in [0, 0.05) is 35.1 Å². The molecular weight excluding hydrogens is 412 g/mol. The number of pyridine rings is 1. The molecule has 1 N–H and O–H groups in total. The minimum atomic E-state index is 0.397. The van der Waals surface area contributed by atoms with E-state index in [2.05, 4.69) is 59.2 Å². The molecule has 0 radical (unpaired) electrons. The second-order valence-corrected chi connectivity index (χ2v) is 9.83. The zero-order valence-corrected chi connectivity index (χ0v) is 19.7. The smallest absolute Gasteiger partial charge is 0.179 e. The van der Waals surface area contributed by atoms with Crippen LogP contribution in [0.2, 0.25) is 0 Å². The van der Waals surface area contributed by atoms with Gasteiger partial charge in [-0.15, -0.1) is 0 Å². The number of piperidine rings is 1. The van der Waals surface area contributed by atoms with E-state index in [4.69, 9.17) is 9.47 Å². The van der Waals surface area contributed by atoms with Crippen molar-refractivity contribution < 1.29 is 9.47 Å². The standard InChI is InChI=1S/C27H32N4O2/c1-17(2)25-22-12-19(18-6-9-30(10-7-18)21-15-33-16-21)4-5-23(22)29-26(25)20-13-24(32-3)27-28-8-11-31(27)14-20/h4-5,8,11-14,17-18,21,29H,6-7,9-10,15-16H2,1-3H3. The molecule has 3 aromatic heterocycles. The van der Waals surface area contributed by atoms with Crippen LogP contribution in [0.15, 0.2) is 42.9 Å². The fourth-order valence-corrected chi connectivity index (χ4v) is 5.63. The Morgan fingerprint density at radius 2 is 1.97 bits per heavy atom. The number of nitrogens with zero attached hydrogens (tertiary/aromatic N) is 3. The van der Waals surface area contributed by atoms with E-state index in [9.17, 15) is 0 Å². The molecule has 6 rings (SSSR count). The lowest BCUT2D eigenvalue weighted by Gasteiger charge is -2.41. The molecule has 2 fully saturated rings. The van der Waals surface area contributed by atoms with Crippen LogP contribution in [0.25, 0.3) is 27.8 Å². The van der Waals surface area contributed by atoms with Crippen molar-refractivity contribution in [3.05, 3.63) is 54.0 Å². The van der Waals surface area contributed by atoms with Gasteiger partial charge >= 0.3 is 0 Å². The van der Waals surface area contributed by atoms with Crippen molar-refractivity contribution >= 4 is 16.6 Å². The highest BCUT2D eigenvalue weighted by Crippen LogP contribution is 2.39. The number of hydrogen-bond acceptors (Lipinski definition) is 4. The van der Waals surface area contributed by atoms with Gasteiger partial charge in [0.2, 0.25) is 0 Å². The molecule has 0 saturated carbocycles. The van der Waals surface area contributed by atoms with Gasteiger partial charge in [-0.25, -0.2) is 4.98 Å². The molecule has 6 heteroatoms. The molecule has 172 valence electrons. The van der Waals surface area contributed by atoms with Crippen LogP contribution < -0.4 is 4.74 Å². The van der Waals surface area contributed by atoms with Gasteiger partial charge in [-0.05, 0) is 67.1 Å². The predicted molar refractivity (Wildman–Crippen MR) is 131 cm³/mol. The SMILES string of the molecule is COc1cc(-c2[nH]c3ccc(C4CCN(C5COC5)CC4)cc3c2C(C)C)cn2ccnc12. The quantitative estimate of drug-likeness (QED) is 0.460. The lowest BCUT2D eigenvalue weighted by atomic mass is 9.87. The second-order valence-electron chi connectivity index (χ2n) is 9.83. The van der Waals surface area contributed by atoms with Crippen LogP contribution in [-0.4, -0.2) is 58.7 Å². The first-order chi connectivity index (χ1) is 16.1. The summed E-state index contributed by atoms with van der Waals surface area (Å²) in [6.45, 7) is 8.75. The molecule has 4 aromatic rings. The zero-order chi connectivity index (χ0) is 22.5. The Labute approximate surface area is 194 Å². The maximum Gasteiger partial charge on any atom is 0.179 e. The molecule has 2 saturated heterocycles. The topological polar surface area (TPSA) is 54.8 Å². The monoisotopic (exact) mass is 444 g/mol. The number of hydrogen-bond donors (Lipinski definition) is 1. The van der Waals surface area contributed by atoms with Gasteiger partial charge < -0.3 is 18.9 Å². The summed E-state index contributed by atoms with van der Waals surface area (Å²) in [5, 5.41) is 1.34. The van der Waals surface area contributed by atoms with Gasteiger partial charge in [0.1, 0.15) is 0 Å². The lowest BCUT2D eigenvalue weighted by molar-refractivity contribution is -0.0712. The van der Waals surface area contributed by atoms with E-state index in [-0.39, 0.29) is 0 Å². The molecule has 0 aliphatic carbocycles. The third-order valence-electron chi connectivity index (χ3n) is 7.54. The van der Waals surface area contributed by atoms with Crippen LogP contribution in [0.1, 0.15) is 49.7 Å². The average molecular weight is 445 g/mol. The number of aromatic amines is 1. The molecule has 0 unspecified atom stereocenters. The van der Waals surface area contributed by atoms with E-state index in [0.29, 0.717) is 17.9 Å². The Bertz CT molecular complexity index is 1290.